The maximum Gasteiger partial charge on any atom is 0.350 e. The van der Waals surface area contributed by atoms with Crippen LogP contribution in [-0.4, -0.2) is 28.0 Å². The number of esters is 1. The largest absolute Gasteiger partial charge is 0.462 e. The third-order valence-corrected chi connectivity index (χ3v) is 5.40. The minimum Gasteiger partial charge on any atom is -0.462 e. The first kappa shape index (κ1) is 19.8. The fraction of sp³-hybridized carbons (Fsp3) is 0.300. The van der Waals surface area contributed by atoms with Crippen molar-refractivity contribution in [2.75, 3.05) is 11.9 Å². The molecular weight excluding hydrogens is 378 g/mol. The maximum absolute atomic E-state index is 12.6. The lowest BCUT2D eigenvalue weighted by atomic mass is 10.1. The lowest BCUT2D eigenvalue weighted by Crippen LogP contribution is -2.28. The monoisotopic (exact) mass is 399 g/mol. The number of anilines is 1. The van der Waals surface area contributed by atoms with Gasteiger partial charge in [0.15, 0.2) is 5.13 Å². The van der Waals surface area contributed by atoms with Crippen molar-refractivity contribution in [3.05, 3.63) is 56.3 Å². The van der Waals surface area contributed by atoms with E-state index in [1.165, 1.54) is 10.6 Å². The highest BCUT2D eigenvalue weighted by atomic mass is 32.1. The Morgan fingerprint density at radius 3 is 2.68 bits per heavy atom. The van der Waals surface area contributed by atoms with Crippen LogP contribution in [0.4, 0.5) is 5.13 Å². The Hall–Kier alpha value is -3.00. The summed E-state index contributed by atoms with van der Waals surface area (Å²) in [7, 11) is 0. The first-order valence-electron chi connectivity index (χ1n) is 8.86. The SMILES string of the molecule is CCOC(=O)c1sc(NC(=O)Cn2c(=O)cc(C)c3cccc(C)c32)nc1C. The van der Waals surface area contributed by atoms with E-state index >= 15 is 0 Å². The van der Waals surface area contributed by atoms with E-state index < -0.39 is 5.97 Å². The van der Waals surface area contributed by atoms with Gasteiger partial charge in [-0.1, -0.05) is 29.5 Å². The van der Waals surface area contributed by atoms with Crippen LogP contribution in [0.3, 0.4) is 0 Å². The minimum atomic E-state index is -0.464. The Morgan fingerprint density at radius 1 is 1.21 bits per heavy atom. The quantitative estimate of drug-likeness (QED) is 0.666. The fourth-order valence-electron chi connectivity index (χ4n) is 3.08. The van der Waals surface area contributed by atoms with Crippen LogP contribution in [0.25, 0.3) is 10.9 Å². The van der Waals surface area contributed by atoms with Crippen molar-refractivity contribution in [1.29, 1.82) is 0 Å². The average Bonchev–Trinajstić information content (AvgIpc) is 2.99. The lowest BCUT2D eigenvalue weighted by Gasteiger charge is -2.13. The number of hydrogen-bond donors (Lipinski definition) is 1. The lowest BCUT2D eigenvalue weighted by molar-refractivity contribution is -0.116. The molecule has 8 heteroatoms. The van der Waals surface area contributed by atoms with Gasteiger partial charge in [0, 0.05) is 11.5 Å². The molecule has 0 aliphatic carbocycles. The first-order valence-corrected chi connectivity index (χ1v) is 9.67. The minimum absolute atomic E-state index is 0.145. The molecule has 1 aromatic carbocycles. The Labute approximate surface area is 166 Å². The van der Waals surface area contributed by atoms with Crippen LogP contribution in [0.2, 0.25) is 0 Å². The van der Waals surface area contributed by atoms with Crippen molar-refractivity contribution < 1.29 is 14.3 Å². The molecule has 1 N–H and O–H groups in total. The van der Waals surface area contributed by atoms with Gasteiger partial charge in [0.1, 0.15) is 11.4 Å². The van der Waals surface area contributed by atoms with Gasteiger partial charge < -0.3 is 10.1 Å². The number of ether oxygens (including phenoxy) is 1. The standard InChI is InChI=1S/C20H21N3O4S/c1-5-27-19(26)18-13(4)21-20(28-18)22-15(24)10-23-16(25)9-12(3)14-8-6-7-11(2)17(14)23/h6-9H,5,10H2,1-4H3,(H,21,22,24). The number of fused-ring (bicyclic) bond motifs is 1. The summed E-state index contributed by atoms with van der Waals surface area (Å²) >= 11 is 1.05. The molecule has 0 saturated carbocycles. The molecule has 0 saturated heterocycles. The molecule has 2 heterocycles. The Kier molecular flexibility index (Phi) is 5.60. The second-order valence-electron chi connectivity index (χ2n) is 6.43. The number of benzene rings is 1. The predicted molar refractivity (Wildman–Crippen MR) is 109 cm³/mol. The molecule has 0 aliphatic heterocycles. The average molecular weight is 399 g/mol. The van der Waals surface area contributed by atoms with Gasteiger partial charge in [0.2, 0.25) is 5.91 Å². The molecule has 0 atom stereocenters. The summed E-state index contributed by atoms with van der Waals surface area (Å²) in [5.41, 5.74) is 2.78. The molecular formula is C20H21N3O4S. The predicted octanol–water partition coefficient (Wildman–Crippen LogP) is 3.20. The number of para-hydroxylation sites is 1. The van der Waals surface area contributed by atoms with Crippen LogP contribution in [0.15, 0.2) is 29.1 Å². The normalized spacial score (nSPS) is 10.9. The molecule has 2 aromatic heterocycles. The van der Waals surface area contributed by atoms with Gasteiger partial charge in [0.05, 0.1) is 17.8 Å². The molecule has 0 unspecified atom stereocenters. The summed E-state index contributed by atoms with van der Waals surface area (Å²) in [4.78, 5) is 41.6. The van der Waals surface area contributed by atoms with Crippen LogP contribution in [0.5, 0.6) is 0 Å². The van der Waals surface area contributed by atoms with Gasteiger partial charge in [-0.2, -0.15) is 0 Å². The van der Waals surface area contributed by atoms with Crippen molar-refractivity contribution in [2.24, 2.45) is 0 Å². The summed E-state index contributed by atoms with van der Waals surface area (Å²) in [6.45, 7) is 7.31. The smallest absolute Gasteiger partial charge is 0.350 e. The van der Waals surface area contributed by atoms with E-state index in [-0.39, 0.29) is 24.6 Å². The third kappa shape index (κ3) is 3.82. The molecule has 0 bridgehead atoms. The molecule has 28 heavy (non-hydrogen) atoms. The summed E-state index contributed by atoms with van der Waals surface area (Å²) < 4.78 is 6.44. The molecule has 3 aromatic rings. The van der Waals surface area contributed by atoms with Gasteiger partial charge in [-0.25, -0.2) is 9.78 Å². The zero-order valence-corrected chi connectivity index (χ0v) is 17.0. The number of pyridine rings is 1. The first-order chi connectivity index (χ1) is 13.3. The Bertz CT molecular complexity index is 1130. The fourth-order valence-corrected chi connectivity index (χ4v) is 3.96. The molecule has 0 spiro atoms. The van der Waals surface area contributed by atoms with Crippen LogP contribution in [0, 0.1) is 20.8 Å². The zero-order valence-electron chi connectivity index (χ0n) is 16.2. The highest BCUT2D eigenvalue weighted by molar-refractivity contribution is 7.17. The van der Waals surface area contributed by atoms with E-state index in [0.717, 1.165) is 33.4 Å². The van der Waals surface area contributed by atoms with Gasteiger partial charge in [-0.15, -0.1) is 0 Å². The van der Waals surface area contributed by atoms with E-state index in [0.29, 0.717) is 15.7 Å². The Morgan fingerprint density at radius 2 is 1.96 bits per heavy atom. The molecule has 0 radical (unpaired) electrons. The van der Waals surface area contributed by atoms with E-state index in [2.05, 4.69) is 10.3 Å². The number of nitrogens with zero attached hydrogens (tertiary/aromatic N) is 2. The van der Waals surface area contributed by atoms with Crippen molar-refractivity contribution in [1.82, 2.24) is 9.55 Å². The summed E-state index contributed by atoms with van der Waals surface area (Å²) in [5.74, 6) is -0.853. The van der Waals surface area contributed by atoms with Crippen LogP contribution in [0.1, 0.15) is 33.4 Å². The number of rotatable bonds is 5. The van der Waals surface area contributed by atoms with E-state index in [9.17, 15) is 14.4 Å². The second kappa shape index (κ2) is 7.93. The third-order valence-electron chi connectivity index (χ3n) is 4.34. The van der Waals surface area contributed by atoms with Crippen molar-refractivity contribution >= 4 is 39.2 Å². The molecule has 3 rings (SSSR count). The summed E-state index contributed by atoms with van der Waals surface area (Å²) in [5, 5.41) is 3.91. The number of thiazole rings is 1. The van der Waals surface area contributed by atoms with Crippen molar-refractivity contribution in [3.63, 3.8) is 0 Å². The number of carbonyl (C=O) groups is 2. The molecule has 146 valence electrons. The van der Waals surface area contributed by atoms with Crippen molar-refractivity contribution in [3.8, 4) is 0 Å². The number of hydrogen-bond acceptors (Lipinski definition) is 6. The summed E-state index contributed by atoms with van der Waals surface area (Å²) in [6.07, 6.45) is 0. The van der Waals surface area contributed by atoms with Crippen LogP contribution >= 0.6 is 11.3 Å². The zero-order chi connectivity index (χ0) is 20.4. The highest BCUT2D eigenvalue weighted by Gasteiger charge is 2.18. The van der Waals surface area contributed by atoms with Crippen LogP contribution < -0.4 is 10.9 Å². The number of amides is 1. The van der Waals surface area contributed by atoms with E-state index in [1.54, 1.807) is 13.8 Å². The summed E-state index contributed by atoms with van der Waals surface area (Å²) in [6, 6.07) is 7.29. The van der Waals surface area contributed by atoms with Gasteiger partial charge in [-0.05, 0) is 38.8 Å². The number of nitrogens with one attached hydrogen (secondary N) is 1. The Balaban J connectivity index is 1.88. The topological polar surface area (TPSA) is 90.3 Å². The second-order valence-corrected chi connectivity index (χ2v) is 7.42. The molecule has 1 amide bonds. The van der Waals surface area contributed by atoms with Crippen LogP contribution in [-0.2, 0) is 16.1 Å². The van der Waals surface area contributed by atoms with Crippen molar-refractivity contribution in [2.45, 2.75) is 34.2 Å². The number of aromatic nitrogens is 2. The van der Waals surface area contributed by atoms with Gasteiger partial charge in [0.25, 0.3) is 5.56 Å². The molecule has 0 aliphatic rings. The molecule has 7 nitrogen and oxygen atoms in total. The van der Waals surface area contributed by atoms with Gasteiger partial charge in [-0.3, -0.25) is 14.2 Å². The number of aryl methyl sites for hydroxylation is 3. The van der Waals surface area contributed by atoms with Gasteiger partial charge >= 0.3 is 5.97 Å². The highest BCUT2D eigenvalue weighted by Crippen LogP contribution is 2.24. The molecule has 0 fully saturated rings. The van der Waals surface area contributed by atoms with E-state index in [4.69, 9.17) is 4.74 Å². The number of carbonyl (C=O) groups excluding carboxylic acids is 2. The van der Waals surface area contributed by atoms with E-state index in [1.807, 2.05) is 32.0 Å². The maximum atomic E-state index is 12.6.